The van der Waals surface area contributed by atoms with Crippen molar-refractivity contribution in [2.75, 3.05) is 10.6 Å². The molecule has 0 aliphatic heterocycles. The van der Waals surface area contributed by atoms with Crippen molar-refractivity contribution in [2.24, 2.45) is 0 Å². The van der Waals surface area contributed by atoms with Crippen LogP contribution in [-0.4, -0.2) is 5.91 Å². The molecule has 0 heterocycles. The highest BCUT2D eigenvalue weighted by Gasteiger charge is 2.07. The highest BCUT2D eigenvalue weighted by Crippen LogP contribution is 2.22. The molecule has 2 aromatic rings. The lowest BCUT2D eigenvalue weighted by atomic mass is 10.1. The molecule has 1 amide bonds. The average Bonchev–Trinajstić information content (AvgIpc) is 2.38. The number of benzene rings is 2. The Bertz CT molecular complexity index is 613. The standard InChI is InChI=1S/C16H17FN2O/c1-11(18-16-8-4-6-14(17)10-16)13-5-3-7-15(9-13)19-12(2)20/h3-11,18H,1-2H3,(H,19,20). The van der Waals surface area contributed by atoms with Gasteiger partial charge in [-0.2, -0.15) is 0 Å². The smallest absolute Gasteiger partial charge is 0.221 e. The normalized spacial score (nSPS) is 11.8. The summed E-state index contributed by atoms with van der Waals surface area (Å²) in [6.07, 6.45) is 0. The summed E-state index contributed by atoms with van der Waals surface area (Å²) in [6, 6.07) is 13.9. The zero-order chi connectivity index (χ0) is 14.5. The molecule has 104 valence electrons. The summed E-state index contributed by atoms with van der Waals surface area (Å²) < 4.78 is 13.1. The third-order valence-electron chi connectivity index (χ3n) is 2.91. The Labute approximate surface area is 117 Å². The molecule has 2 rings (SSSR count). The fraction of sp³-hybridized carbons (Fsp3) is 0.188. The molecule has 0 aromatic heterocycles. The van der Waals surface area contributed by atoms with E-state index in [9.17, 15) is 9.18 Å². The topological polar surface area (TPSA) is 41.1 Å². The molecule has 1 atom stereocenters. The van der Waals surface area contributed by atoms with E-state index in [2.05, 4.69) is 10.6 Å². The first-order valence-electron chi connectivity index (χ1n) is 6.44. The van der Waals surface area contributed by atoms with Crippen LogP contribution in [0, 0.1) is 5.82 Å². The summed E-state index contributed by atoms with van der Waals surface area (Å²) in [7, 11) is 0. The van der Waals surface area contributed by atoms with Gasteiger partial charge in [0, 0.05) is 24.3 Å². The Morgan fingerprint density at radius 3 is 2.50 bits per heavy atom. The van der Waals surface area contributed by atoms with Crippen LogP contribution in [0.15, 0.2) is 48.5 Å². The largest absolute Gasteiger partial charge is 0.378 e. The number of nitrogens with one attached hydrogen (secondary N) is 2. The van der Waals surface area contributed by atoms with Crippen LogP contribution in [-0.2, 0) is 4.79 Å². The molecule has 0 aliphatic rings. The third-order valence-corrected chi connectivity index (χ3v) is 2.91. The molecule has 20 heavy (non-hydrogen) atoms. The van der Waals surface area contributed by atoms with Crippen molar-refractivity contribution in [3.8, 4) is 0 Å². The number of rotatable bonds is 4. The Kier molecular flexibility index (Phi) is 4.35. The molecule has 2 aromatic carbocycles. The molecule has 0 bridgehead atoms. The number of hydrogen-bond acceptors (Lipinski definition) is 2. The van der Waals surface area contributed by atoms with Gasteiger partial charge in [0.15, 0.2) is 0 Å². The molecule has 0 fully saturated rings. The van der Waals surface area contributed by atoms with E-state index < -0.39 is 0 Å². The van der Waals surface area contributed by atoms with E-state index in [4.69, 9.17) is 0 Å². The minimum Gasteiger partial charge on any atom is -0.378 e. The molecule has 2 N–H and O–H groups in total. The number of carbonyl (C=O) groups is 1. The second-order valence-corrected chi connectivity index (χ2v) is 4.68. The van der Waals surface area contributed by atoms with Crippen LogP contribution in [0.4, 0.5) is 15.8 Å². The fourth-order valence-electron chi connectivity index (χ4n) is 2.00. The first-order chi connectivity index (χ1) is 9.54. The molecular formula is C16H17FN2O. The van der Waals surface area contributed by atoms with Crippen LogP contribution in [0.1, 0.15) is 25.5 Å². The predicted molar refractivity (Wildman–Crippen MR) is 79.2 cm³/mol. The molecule has 0 spiro atoms. The van der Waals surface area contributed by atoms with E-state index in [1.54, 1.807) is 6.07 Å². The lowest BCUT2D eigenvalue weighted by Crippen LogP contribution is -2.09. The van der Waals surface area contributed by atoms with Crippen LogP contribution in [0.3, 0.4) is 0 Å². The van der Waals surface area contributed by atoms with Crippen molar-refractivity contribution in [2.45, 2.75) is 19.9 Å². The Hall–Kier alpha value is -2.36. The SMILES string of the molecule is CC(=O)Nc1cccc(C(C)Nc2cccc(F)c2)c1. The lowest BCUT2D eigenvalue weighted by molar-refractivity contribution is -0.114. The van der Waals surface area contributed by atoms with E-state index >= 15 is 0 Å². The van der Waals surface area contributed by atoms with Gasteiger partial charge in [0.25, 0.3) is 0 Å². The van der Waals surface area contributed by atoms with Crippen molar-refractivity contribution in [1.82, 2.24) is 0 Å². The van der Waals surface area contributed by atoms with Crippen molar-refractivity contribution in [3.05, 3.63) is 59.9 Å². The maximum Gasteiger partial charge on any atom is 0.221 e. The summed E-state index contributed by atoms with van der Waals surface area (Å²) in [5.74, 6) is -0.373. The number of amides is 1. The van der Waals surface area contributed by atoms with Crippen LogP contribution < -0.4 is 10.6 Å². The van der Waals surface area contributed by atoms with Crippen LogP contribution in [0.25, 0.3) is 0 Å². The first-order valence-corrected chi connectivity index (χ1v) is 6.44. The lowest BCUT2D eigenvalue weighted by Gasteiger charge is -2.16. The summed E-state index contributed by atoms with van der Waals surface area (Å²) >= 11 is 0. The van der Waals surface area contributed by atoms with Gasteiger partial charge in [-0.05, 0) is 42.8 Å². The first kappa shape index (κ1) is 14.1. The maximum absolute atomic E-state index is 13.1. The van der Waals surface area contributed by atoms with Gasteiger partial charge in [-0.15, -0.1) is 0 Å². The molecule has 0 saturated carbocycles. The van der Waals surface area contributed by atoms with Crippen LogP contribution in [0.2, 0.25) is 0 Å². The van der Waals surface area contributed by atoms with Gasteiger partial charge in [-0.3, -0.25) is 4.79 Å². The minimum atomic E-state index is -0.269. The van der Waals surface area contributed by atoms with Gasteiger partial charge >= 0.3 is 0 Å². The number of halogens is 1. The van der Waals surface area contributed by atoms with Crippen LogP contribution in [0.5, 0.6) is 0 Å². The van der Waals surface area contributed by atoms with Gasteiger partial charge < -0.3 is 10.6 Å². The Morgan fingerprint density at radius 2 is 1.80 bits per heavy atom. The van der Waals surface area contributed by atoms with Gasteiger partial charge in [0.1, 0.15) is 5.82 Å². The maximum atomic E-state index is 13.1. The van der Waals surface area contributed by atoms with E-state index in [1.165, 1.54) is 19.1 Å². The third kappa shape index (κ3) is 3.82. The van der Waals surface area contributed by atoms with E-state index in [1.807, 2.05) is 37.3 Å². The highest BCUT2D eigenvalue weighted by atomic mass is 19.1. The van der Waals surface area contributed by atoms with Gasteiger partial charge in [0.05, 0.1) is 0 Å². The zero-order valence-electron chi connectivity index (χ0n) is 11.5. The van der Waals surface area contributed by atoms with Crippen molar-refractivity contribution in [1.29, 1.82) is 0 Å². The molecule has 0 aliphatic carbocycles. The Balaban J connectivity index is 2.12. The van der Waals surface area contributed by atoms with Crippen molar-refractivity contribution in [3.63, 3.8) is 0 Å². The second kappa shape index (κ2) is 6.19. The molecule has 4 heteroatoms. The fourth-order valence-corrected chi connectivity index (χ4v) is 2.00. The molecular weight excluding hydrogens is 255 g/mol. The monoisotopic (exact) mass is 272 g/mol. The average molecular weight is 272 g/mol. The number of carbonyl (C=O) groups excluding carboxylic acids is 1. The summed E-state index contributed by atoms with van der Waals surface area (Å²) in [5, 5.41) is 5.97. The summed E-state index contributed by atoms with van der Waals surface area (Å²) in [4.78, 5) is 11.1. The molecule has 3 nitrogen and oxygen atoms in total. The van der Waals surface area contributed by atoms with Gasteiger partial charge in [-0.1, -0.05) is 18.2 Å². The van der Waals surface area contributed by atoms with E-state index in [0.29, 0.717) is 0 Å². The molecule has 0 radical (unpaired) electrons. The quantitative estimate of drug-likeness (QED) is 0.884. The van der Waals surface area contributed by atoms with Crippen molar-refractivity contribution < 1.29 is 9.18 Å². The summed E-state index contributed by atoms with van der Waals surface area (Å²) in [5.41, 5.74) is 2.49. The second-order valence-electron chi connectivity index (χ2n) is 4.68. The van der Waals surface area contributed by atoms with Crippen molar-refractivity contribution >= 4 is 17.3 Å². The van der Waals surface area contributed by atoms with Gasteiger partial charge in [0.2, 0.25) is 5.91 Å². The van der Waals surface area contributed by atoms with E-state index in [-0.39, 0.29) is 17.8 Å². The van der Waals surface area contributed by atoms with Gasteiger partial charge in [-0.25, -0.2) is 4.39 Å². The molecule has 0 saturated heterocycles. The Morgan fingerprint density at radius 1 is 1.10 bits per heavy atom. The highest BCUT2D eigenvalue weighted by molar-refractivity contribution is 5.88. The predicted octanol–water partition coefficient (Wildman–Crippen LogP) is 3.96. The summed E-state index contributed by atoms with van der Waals surface area (Å²) in [6.45, 7) is 3.46. The zero-order valence-corrected chi connectivity index (χ0v) is 11.5. The minimum absolute atomic E-state index is 0.00510. The molecule has 1 unspecified atom stereocenters. The van der Waals surface area contributed by atoms with E-state index in [0.717, 1.165) is 16.9 Å². The number of anilines is 2. The number of hydrogen-bond donors (Lipinski definition) is 2. The van der Waals surface area contributed by atoms with Crippen LogP contribution >= 0.6 is 0 Å².